The summed E-state index contributed by atoms with van der Waals surface area (Å²) in [5, 5.41) is 3.72. The first-order chi connectivity index (χ1) is 8.83. The molecule has 0 amide bonds. The van der Waals surface area contributed by atoms with Crippen molar-refractivity contribution in [2.45, 2.75) is 75.7 Å². The van der Waals surface area contributed by atoms with Gasteiger partial charge < -0.3 is 5.73 Å². The first kappa shape index (κ1) is 12.6. The monoisotopic (exact) mass is 264 g/mol. The van der Waals surface area contributed by atoms with Crippen LogP contribution in [0.15, 0.2) is 5.38 Å². The smallest absolute Gasteiger partial charge is 0.0959 e. The molecule has 2 aliphatic rings. The molecule has 2 fully saturated rings. The summed E-state index contributed by atoms with van der Waals surface area (Å²) in [5.41, 5.74) is 7.37. The van der Waals surface area contributed by atoms with Crippen LogP contribution in [0.5, 0.6) is 0 Å². The molecule has 2 N–H and O–H groups in total. The van der Waals surface area contributed by atoms with E-state index in [-0.39, 0.29) is 0 Å². The molecule has 3 heteroatoms. The Hall–Kier alpha value is -0.410. The predicted octanol–water partition coefficient (Wildman–Crippen LogP) is 4.18. The number of hydrogen-bond donors (Lipinski definition) is 1. The van der Waals surface area contributed by atoms with Gasteiger partial charge in [-0.3, -0.25) is 0 Å². The van der Waals surface area contributed by atoms with Gasteiger partial charge in [-0.1, -0.05) is 19.3 Å². The molecule has 2 aliphatic carbocycles. The molecule has 1 aromatic heterocycles. The second-order valence-electron chi connectivity index (χ2n) is 6.06. The molecular weight excluding hydrogens is 240 g/mol. The van der Waals surface area contributed by atoms with Gasteiger partial charge in [-0.25, -0.2) is 4.98 Å². The van der Waals surface area contributed by atoms with E-state index in [0.29, 0.717) is 12.0 Å². The van der Waals surface area contributed by atoms with E-state index in [0.717, 1.165) is 5.92 Å². The summed E-state index contributed by atoms with van der Waals surface area (Å²) >= 11 is 1.90. The van der Waals surface area contributed by atoms with E-state index in [2.05, 4.69) is 5.38 Å². The summed E-state index contributed by atoms with van der Waals surface area (Å²) in [6.07, 6.45) is 11.8. The molecule has 0 unspecified atom stereocenters. The molecule has 0 aliphatic heterocycles. The van der Waals surface area contributed by atoms with Crippen molar-refractivity contribution in [3.63, 3.8) is 0 Å². The highest BCUT2D eigenvalue weighted by atomic mass is 32.1. The molecule has 0 aromatic carbocycles. The van der Waals surface area contributed by atoms with Crippen LogP contribution in [-0.4, -0.2) is 11.0 Å². The van der Waals surface area contributed by atoms with Gasteiger partial charge in [0.05, 0.1) is 10.7 Å². The normalized spacial score (nSPS) is 30.5. The number of rotatable bonds is 2. The lowest BCUT2D eigenvalue weighted by atomic mass is 9.86. The van der Waals surface area contributed by atoms with Crippen LogP contribution in [0.1, 0.15) is 80.3 Å². The average Bonchev–Trinajstić information content (AvgIpc) is 2.90. The van der Waals surface area contributed by atoms with Gasteiger partial charge in [0.15, 0.2) is 0 Å². The third kappa shape index (κ3) is 2.77. The highest BCUT2D eigenvalue weighted by Crippen LogP contribution is 2.38. The summed E-state index contributed by atoms with van der Waals surface area (Å²) in [6.45, 7) is 0. The average molecular weight is 264 g/mol. The maximum atomic E-state index is 5.98. The standard InChI is InChI=1S/C15H24N2S/c16-13-8-6-12(7-9-13)15-17-14(10-18-15)11-4-2-1-3-5-11/h10-13H,1-9,16H2. The van der Waals surface area contributed by atoms with Gasteiger partial charge >= 0.3 is 0 Å². The summed E-state index contributed by atoms with van der Waals surface area (Å²) < 4.78 is 0. The van der Waals surface area contributed by atoms with Gasteiger partial charge in [0.1, 0.15) is 0 Å². The van der Waals surface area contributed by atoms with E-state index >= 15 is 0 Å². The second kappa shape index (κ2) is 5.70. The first-order valence-corrected chi connectivity index (χ1v) is 8.42. The van der Waals surface area contributed by atoms with Gasteiger partial charge in [-0.05, 0) is 38.5 Å². The van der Waals surface area contributed by atoms with Crippen molar-refractivity contribution in [2.24, 2.45) is 5.73 Å². The van der Waals surface area contributed by atoms with Crippen LogP contribution in [0, 0.1) is 0 Å². The van der Waals surface area contributed by atoms with Crippen molar-refractivity contribution < 1.29 is 0 Å². The van der Waals surface area contributed by atoms with Gasteiger partial charge in [0.25, 0.3) is 0 Å². The molecule has 18 heavy (non-hydrogen) atoms. The van der Waals surface area contributed by atoms with E-state index in [9.17, 15) is 0 Å². The topological polar surface area (TPSA) is 38.9 Å². The third-order valence-electron chi connectivity index (χ3n) is 4.68. The quantitative estimate of drug-likeness (QED) is 0.870. The van der Waals surface area contributed by atoms with Crippen molar-refractivity contribution >= 4 is 11.3 Å². The Morgan fingerprint density at radius 2 is 1.67 bits per heavy atom. The Bertz CT molecular complexity index is 374. The molecule has 1 aromatic rings. The SMILES string of the molecule is NC1CCC(c2nc(C3CCCCC3)cs2)CC1. The molecule has 0 bridgehead atoms. The molecule has 0 saturated heterocycles. The molecule has 100 valence electrons. The van der Waals surface area contributed by atoms with Gasteiger partial charge in [0, 0.05) is 23.3 Å². The van der Waals surface area contributed by atoms with Crippen LogP contribution < -0.4 is 5.73 Å². The highest BCUT2D eigenvalue weighted by Gasteiger charge is 2.24. The Morgan fingerprint density at radius 3 is 2.39 bits per heavy atom. The van der Waals surface area contributed by atoms with Gasteiger partial charge in [0.2, 0.25) is 0 Å². The summed E-state index contributed by atoms with van der Waals surface area (Å²) in [7, 11) is 0. The fourth-order valence-corrected chi connectivity index (χ4v) is 4.51. The zero-order valence-corrected chi connectivity index (χ0v) is 11.9. The van der Waals surface area contributed by atoms with Crippen LogP contribution >= 0.6 is 11.3 Å². The van der Waals surface area contributed by atoms with E-state index in [1.54, 1.807) is 0 Å². The van der Waals surface area contributed by atoms with E-state index in [1.165, 1.54) is 68.5 Å². The van der Waals surface area contributed by atoms with Gasteiger partial charge in [-0.2, -0.15) is 0 Å². The number of thiazole rings is 1. The molecule has 0 atom stereocenters. The minimum atomic E-state index is 0.444. The zero-order chi connectivity index (χ0) is 12.4. The highest BCUT2D eigenvalue weighted by molar-refractivity contribution is 7.09. The van der Waals surface area contributed by atoms with E-state index in [4.69, 9.17) is 10.7 Å². The molecule has 1 heterocycles. The predicted molar refractivity (Wildman–Crippen MR) is 77.1 cm³/mol. The summed E-state index contributed by atoms with van der Waals surface area (Å²) in [5.74, 6) is 1.46. The third-order valence-corrected chi connectivity index (χ3v) is 5.71. The summed E-state index contributed by atoms with van der Waals surface area (Å²) in [6, 6.07) is 0.444. The van der Waals surface area contributed by atoms with Crippen LogP contribution in [-0.2, 0) is 0 Å². The summed E-state index contributed by atoms with van der Waals surface area (Å²) in [4.78, 5) is 4.96. The lowest BCUT2D eigenvalue weighted by Gasteiger charge is -2.24. The maximum Gasteiger partial charge on any atom is 0.0959 e. The lowest BCUT2D eigenvalue weighted by molar-refractivity contribution is 0.392. The molecule has 3 rings (SSSR count). The second-order valence-corrected chi connectivity index (χ2v) is 6.95. The number of aromatic nitrogens is 1. The van der Waals surface area contributed by atoms with Crippen molar-refractivity contribution in [2.75, 3.05) is 0 Å². The Morgan fingerprint density at radius 1 is 0.944 bits per heavy atom. The number of nitrogens with zero attached hydrogens (tertiary/aromatic N) is 1. The molecule has 0 radical (unpaired) electrons. The minimum Gasteiger partial charge on any atom is -0.328 e. The maximum absolute atomic E-state index is 5.98. The van der Waals surface area contributed by atoms with Crippen molar-refractivity contribution in [3.05, 3.63) is 16.1 Å². The van der Waals surface area contributed by atoms with E-state index < -0.39 is 0 Å². The largest absolute Gasteiger partial charge is 0.328 e. The Kier molecular flexibility index (Phi) is 4.00. The number of hydrogen-bond acceptors (Lipinski definition) is 3. The number of nitrogens with two attached hydrogens (primary N) is 1. The molecule has 0 spiro atoms. The van der Waals surface area contributed by atoms with E-state index in [1.807, 2.05) is 11.3 Å². The first-order valence-electron chi connectivity index (χ1n) is 7.54. The Balaban J connectivity index is 1.65. The fraction of sp³-hybridized carbons (Fsp3) is 0.800. The van der Waals surface area contributed by atoms with Crippen LogP contribution in [0.4, 0.5) is 0 Å². The minimum absolute atomic E-state index is 0.444. The van der Waals surface area contributed by atoms with Crippen molar-refractivity contribution in [1.82, 2.24) is 4.98 Å². The molecule has 2 nitrogen and oxygen atoms in total. The lowest BCUT2D eigenvalue weighted by Crippen LogP contribution is -2.25. The Labute approximate surface area is 114 Å². The van der Waals surface area contributed by atoms with Crippen molar-refractivity contribution in [1.29, 1.82) is 0 Å². The molecular formula is C15H24N2S. The zero-order valence-electron chi connectivity index (χ0n) is 11.1. The van der Waals surface area contributed by atoms with Crippen LogP contribution in [0.25, 0.3) is 0 Å². The van der Waals surface area contributed by atoms with Crippen LogP contribution in [0.2, 0.25) is 0 Å². The van der Waals surface area contributed by atoms with Crippen LogP contribution in [0.3, 0.4) is 0 Å². The molecule has 2 saturated carbocycles. The fourth-order valence-electron chi connectivity index (χ4n) is 3.44. The van der Waals surface area contributed by atoms with Crippen molar-refractivity contribution in [3.8, 4) is 0 Å². The van der Waals surface area contributed by atoms with Gasteiger partial charge in [-0.15, -0.1) is 11.3 Å².